The first-order chi connectivity index (χ1) is 12.2. The van der Waals surface area contributed by atoms with E-state index in [-0.39, 0.29) is 0 Å². The number of benzene rings is 1. The Kier molecular flexibility index (Phi) is 7.32. The third-order valence-corrected chi connectivity index (χ3v) is 4.05. The lowest BCUT2D eigenvalue weighted by molar-refractivity contribution is 0.374. The minimum atomic E-state index is 0.571. The molecule has 0 fully saturated rings. The van der Waals surface area contributed by atoms with E-state index in [2.05, 4.69) is 70.7 Å². The summed E-state index contributed by atoms with van der Waals surface area (Å²) in [6.45, 7) is 9.60. The second-order valence-corrected chi connectivity index (χ2v) is 5.91. The molecular formula is C19H29N5O. The molecule has 6 nitrogen and oxygen atoms in total. The van der Waals surface area contributed by atoms with Crippen molar-refractivity contribution in [1.82, 2.24) is 15.8 Å². The quantitative estimate of drug-likeness (QED) is 0.570. The zero-order chi connectivity index (χ0) is 18.1. The highest BCUT2D eigenvalue weighted by atomic mass is 16.5. The summed E-state index contributed by atoms with van der Waals surface area (Å²) in [5.74, 6) is 1.57. The minimum absolute atomic E-state index is 0.571. The van der Waals surface area contributed by atoms with E-state index in [0.717, 1.165) is 43.5 Å². The molecule has 0 unspecified atom stereocenters. The molecule has 0 aliphatic carbocycles. The molecule has 1 heterocycles. The first-order valence-electron chi connectivity index (χ1n) is 8.86. The zero-order valence-corrected chi connectivity index (χ0v) is 15.7. The van der Waals surface area contributed by atoms with Gasteiger partial charge in [-0.25, -0.2) is 0 Å². The molecule has 136 valence electrons. The second kappa shape index (κ2) is 9.71. The summed E-state index contributed by atoms with van der Waals surface area (Å²) < 4.78 is 5.28. The van der Waals surface area contributed by atoms with Crippen molar-refractivity contribution in [3.63, 3.8) is 0 Å². The van der Waals surface area contributed by atoms with Crippen LogP contribution in [-0.2, 0) is 13.0 Å². The molecule has 0 saturated carbocycles. The molecule has 0 aliphatic rings. The summed E-state index contributed by atoms with van der Waals surface area (Å²) in [6.07, 6.45) is 0.877. The molecule has 0 spiro atoms. The van der Waals surface area contributed by atoms with Crippen LogP contribution in [0.15, 0.2) is 39.8 Å². The number of hydrogen-bond donors (Lipinski definition) is 2. The van der Waals surface area contributed by atoms with Gasteiger partial charge >= 0.3 is 0 Å². The number of anilines is 1. The molecule has 0 bridgehead atoms. The van der Waals surface area contributed by atoms with Crippen molar-refractivity contribution in [3.8, 4) is 0 Å². The summed E-state index contributed by atoms with van der Waals surface area (Å²) in [4.78, 5) is 6.60. The maximum Gasteiger partial charge on any atom is 0.191 e. The lowest BCUT2D eigenvalue weighted by Gasteiger charge is -2.24. The van der Waals surface area contributed by atoms with Gasteiger partial charge < -0.3 is 20.1 Å². The van der Waals surface area contributed by atoms with E-state index in [1.807, 2.05) is 6.07 Å². The van der Waals surface area contributed by atoms with Gasteiger partial charge in [0.15, 0.2) is 11.7 Å². The van der Waals surface area contributed by atoms with Crippen LogP contribution in [0.1, 0.15) is 30.9 Å². The molecule has 6 heteroatoms. The molecule has 0 radical (unpaired) electrons. The summed E-state index contributed by atoms with van der Waals surface area (Å²) in [7, 11) is 1.77. The van der Waals surface area contributed by atoms with Crippen LogP contribution in [0, 0.1) is 6.92 Å². The molecule has 0 saturated heterocycles. The fourth-order valence-electron chi connectivity index (χ4n) is 2.60. The van der Waals surface area contributed by atoms with Gasteiger partial charge in [0.05, 0.1) is 12.2 Å². The number of guanidine groups is 1. The third-order valence-electron chi connectivity index (χ3n) is 4.05. The number of aryl methyl sites for hydroxylation is 2. The SMILES string of the molecule is CCc1cc(CNC(=NC)NCCN(CC)c2cccc(C)c2)on1. The van der Waals surface area contributed by atoms with Crippen molar-refractivity contribution >= 4 is 11.6 Å². The van der Waals surface area contributed by atoms with Crippen LogP contribution in [0.2, 0.25) is 0 Å². The van der Waals surface area contributed by atoms with Crippen LogP contribution in [0.4, 0.5) is 5.69 Å². The van der Waals surface area contributed by atoms with E-state index in [1.165, 1.54) is 11.3 Å². The lowest BCUT2D eigenvalue weighted by atomic mass is 10.2. The fourth-order valence-corrected chi connectivity index (χ4v) is 2.60. The standard InChI is InChI=1S/C19H29N5O/c1-5-16-13-18(25-23-16)14-22-19(20-4)21-10-11-24(6-2)17-9-7-8-15(3)12-17/h7-9,12-13H,5-6,10-11,14H2,1-4H3,(H2,20,21,22). The molecule has 0 atom stereocenters. The van der Waals surface area contributed by atoms with Crippen LogP contribution in [-0.4, -0.2) is 37.8 Å². The van der Waals surface area contributed by atoms with Gasteiger partial charge in [0.1, 0.15) is 0 Å². The van der Waals surface area contributed by atoms with Crippen LogP contribution < -0.4 is 15.5 Å². The molecule has 2 rings (SSSR count). The smallest absolute Gasteiger partial charge is 0.191 e. The molecule has 0 aliphatic heterocycles. The first-order valence-corrected chi connectivity index (χ1v) is 8.86. The first kappa shape index (κ1) is 18.8. The van der Waals surface area contributed by atoms with Crippen molar-refractivity contribution in [2.45, 2.75) is 33.7 Å². The molecule has 0 amide bonds. The monoisotopic (exact) mass is 343 g/mol. The van der Waals surface area contributed by atoms with Crippen LogP contribution >= 0.6 is 0 Å². The van der Waals surface area contributed by atoms with E-state index in [9.17, 15) is 0 Å². The molecular weight excluding hydrogens is 314 g/mol. The Morgan fingerprint density at radius 2 is 2.08 bits per heavy atom. The van der Waals surface area contributed by atoms with E-state index < -0.39 is 0 Å². The average molecular weight is 343 g/mol. The summed E-state index contributed by atoms with van der Waals surface area (Å²) in [5.41, 5.74) is 3.50. The van der Waals surface area contributed by atoms with Crippen molar-refractivity contribution in [2.75, 3.05) is 31.6 Å². The zero-order valence-electron chi connectivity index (χ0n) is 15.7. The summed E-state index contributed by atoms with van der Waals surface area (Å²) in [6, 6.07) is 10.6. The van der Waals surface area contributed by atoms with Crippen molar-refractivity contribution < 1.29 is 4.52 Å². The molecule has 1 aromatic carbocycles. The van der Waals surface area contributed by atoms with E-state index in [1.54, 1.807) is 7.05 Å². The van der Waals surface area contributed by atoms with E-state index >= 15 is 0 Å². The largest absolute Gasteiger partial charge is 0.370 e. The van der Waals surface area contributed by atoms with Gasteiger partial charge in [-0.3, -0.25) is 4.99 Å². The Labute approximate surface area is 150 Å². The number of likely N-dealkylation sites (N-methyl/N-ethyl adjacent to an activating group) is 1. The van der Waals surface area contributed by atoms with Gasteiger partial charge in [-0.1, -0.05) is 24.2 Å². The van der Waals surface area contributed by atoms with Gasteiger partial charge in [0.25, 0.3) is 0 Å². The molecule has 2 aromatic rings. The number of hydrogen-bond acceptors (Lipinski definition) is 4. The summed E-state index contributed by atoms with van der Waals surface area (Å²) >= 11 is 0. The number of nitrogens with zero attached hydrogens (tertiary/aromatic N) is 3. The van der Waals surface area contributed by atoms with Crippen molar-refractivity contribution in [1.29, 1.82) is 0 Å². The van der Waals surface area contributed by atoms with Crippen molar-refractivity contribution in [3.05, 3.63) is 47.3 Å². The number of nitrogens with one attached hydrogen (secondary N) is 2. The van der Waals surface area contributed by atoms with Crippen LogP contribution in [0.5, 0.6) is 0 Å². The predicted octanol–water partition coefficient (Wildman–Crippen LogP) is 2.74. The van der Waals surface area contributed by atoms with Gasteiger partial charge in [-0.15, -0.1) is 0 Å². The molecule has 25 heavy (non-hydrogen) atoms. The van der Waals surface area contributed by atoms with E-state index in [0.29, 0.717) is 6.54 Å². The molecule has 1 aromatic heterocycles. The number of rotatable bonds is 8. The van der Waals surface area contributed by atoms with Crippen molar-refractivity contribution in [2.24, 2.45) is 4.99 Å². The highest BCUT2D eigenvalue weighted by Gasteiger charge is 2.06. The Balaban J connectivity index is 1.79. The third kappa shape index (κ3) is 5.81. The fraction of sp³-hybridized carbons (Fsp3) is 0.474. The topological polar surface area (TPSA) is 65.7 Å². The maximum absolute atomic E-state index is 5.28. The second-order valence-electron chi connectivity index (χ2n) is 5.91. The average Bonchev–Trinajstić information content (AvgIpc) is 3.09. The van der Waals surface area contributed by atoms with Gasteiger partial charge in [0, 0.05) is 38.4 Å². The Morgan fingerprint density at radius 1 is 1.24 bits per heavy atom. The highest BCUT2D eigenvalue weighted by Crippen LogP contribution is 2.14. The molecule has 2 N–H and O–H groups in total. The van der Waals surface area contributed by atoms with Crippen LogP contribution in [0.3, 0.4) is 0 Å². The predicted molar refractivity (Wildman–Crippen MR) is 103 cm³/mol. The van der Waals surface area contributed by atoms with Gasteiger partial charge in [-0.2, -0.15) is 0 Å². The minimum Gasteiger partial charge on any atom is -0.370 e. The Hall–Kier alpha value is -2.50. The highest BCUT2D eigenvalue weighted by molar-refractivity contribution is 5.79. The van der Waals surface area contributed by atoms with E-state index in [4.69, 9.17) is 4.52 Å². The normalized spacial score (nSPS) is 11.4. The number of aliphatic imine (C=N–C) groups is 1. The summed E-state index contributed by atoms with van der Waals surface area (Å²) in [5, 5.41) is 10.6. The Bertz CT molecular complexity index is 680. The van der Waals surface area contributed by atoms with Gasteiger partial charge in [-0.05, 0) is 38.0 Å². The lowest BCUT2D eigenvalue weighted by Crippen LogP contribution is -2.41. The van der Waals surface area contributed by atoms with Gasteiger partial charge in [0.2, 0.25) is 0 Å². The maximum atomic E-state index is 5.28. The number of aromatic nitrogens is 1. The van der Waals surface area contributed by atoms with Crippen LogP contribution in [0.25, 0.3) is 0 Å². The Morgan fingerprint density at radius 3 is 2.72 bits per heavy atom.